The molecule has 0 bridgehead atoms. The first-order valence-electron chi connectivity index (χ1n) is 6.48. The van der Waals surface area contributed by atoms with Crippen molar-refractivity contribution in [3.05, 3.63) is 29.6 Å². The van der Waals surface area contributed by atoms with Crippen molar-refractivity contribution in [2.45, 2.75) is 25.8 Å². The van der Waals surface area contributed by atoms with E-state index in [0.717, 1.165) is 12.8 Å². The Morgan fingerprint density at radius 3 is 2.79 bits per heavy atom. The molecule has 2 rings (SSSR count). The maximum atomic E-state index is 13.0. The normalized spacial score (nSPS) is 18.1. The van der Waals surface area contributed by atoms with Gasteiger partial charge in [-0.3, -0.25) is 4.79 Å². The number of rotatable bonds is 3. The van der Waals surface area contributed by atoms with Crippen LogP contribution in [0.4, 0.5) is 10.1 Å². The molecule has 1 amide bonds. The second-order valence-electron chi connectivity index (χ2n) is 4.92. The van der Waals surface area contributed by atoms with Gasteiger partial charge in [0.2, 0.25) is 5.91 Å². The Kier molecular flexibility index (Phi) is 4.50. The summed E-state index contributed by atoms with van der Waals surface area (Å²) in [6, 6.07) is 3.71. The first-order valence-corrected chi connectivity index (χ1v) is 6.48. The van der Waals surface area contributed by atoms with E-state index in [1.54, 1.807) is 13.0 Å². The largest absolute Gasteiger partial charge is 0.381 e. The average Bonchev–Trinajstić information content (AvgIpc) is 2.42. The average molecular weight is 266 g/mol. The Balaban J connectivity index is 1.99. The predicted octanol–water partition coefficient (Wildman–Crippen LogP) is 1.83. The van der Waals surface area contributed by atoms with E-state index < -0.39 is 6.04 Å². The molecule has 1 unspecified atom stereocenters. The molecule has 3 N–H and O–H groups in total. The molecule has 104 valence electrons. The minimum atomic E-state index is -0.548. The summed E-state index contributed by atoms with van der Waals surface area (Å²) in [5.41, 5.74) is 7.27. The van der Waals surface area contributed by atoms with Crippen molar-refractivity contribution in [2.24, 2.45) is 11.7 Å². The topological polar surface area (TPSA) is 64.4 Å². The highest BCUT2D eigenvalue weighted by Gasteiger charge is 2.26. The van der Waals surface area contributed by atoms with Gasteiger partial charge >= 0.3 is 0 Å². The van der Waals surface area contributed by atoms with E-state index in [4.69, 9.17) is 10.5 Å². The van der Waals surface area contributed by atoms with Gasteiger partial charge in [0.1, 0.15) is 5.82 Å². The lowest BCUT2D eigenvalue weighted by atomic mass is 9.92. The van der Waals surface area contributed by atoms with Gasteiger partial charge in [-0.1, -0.05) is 0 Å². The summed E-state index contributed by atoms with van der Waals surface area (Å²) in [5, 5.41) is 2.76. The standard InChI is InChI=1S/C14H19FN2O2/c1-9-8-11(15)2-3-12(9)17-14(18)13(16)10-4-6-19-7-5-10/h2-3,8,10,13H,4-7,16H2,1H3,(H,17,18). The van der Waals surface area contributed by atoms with Crippen LogP contribution in [0.5, 0.6) is 0 Å². The van der Waals surface area contributed by atoms with Crippen molar-refractivity contribution >= 4 is 11.6 Å². The number of hydrogen-bond acceptors (Lipinski definition) is 3. The molecule has 1 atom stereocenters. The zero-order valence-electron chi connectivity index (χ0n) is 11.0. The molecule has 1 aromatic rings. The smallest absolute Gasteiger partial charge is 0.241 e. The lowest BCUT2D eigenvalue weighted by Crippen LogP contribution is -2.44. The van der Waals surface area contributed by atoms with Crippen LogP contribution >= 0.6 is 0 Å². The molecule has 19 heavy (non-hydrogen) atoms. The number of carbonyl (C=O) groups is 1. The molecular weight excluding hydrogens is 247 g/mol. The summed E-state index contributed by atoms with van der Waals surface area (Å²) in [4.78, 5) is 12.1. The summed E-state index contributed by atoms with van der Waals surface area (Å²) in [7, 11) is 0. The first kappa shape index (κ1) is 14.0. The highest BCUT2D eigenvalue weighted by Crippen LogP contribution is 2.20. The molecule has 1 heterocycles. The van der Waals surface area contributed by atoms with E-state index in [-0.39, 0.29) is 17.6 Å². The number of hydrogen-bond donors (Lipinski definition) is 2. The minimum absolute atomic E-state index is 0.148. The minimum Gasteiger partial charge on any atom is -0.381 e. The van der Waals surface area contributed by atoms with Crippen LogP contribution in [0.1, 0.15) is 18.4 Å². The number of amides is 1. The van der Waals surface area contributed by atoms with Crippen LogP contribution in [-0.2, 0) is 9.53 Å². The van der Waals surface area contributed by atoms with Crippen LogP contribution in [0.2, 0.25) is 0 Å². The number of nitrogens with two attached hydrogens (primary N) is 1. The fourth-order valence-electron chi connectivity index (χ4n) is 2.27. The number of benzene rings is 1. The molecule has 0 aliphatic carbocycles. The molecule has 0 spiro atoms. The number of carbonyl (C=O) groups excluding carboxylic acids is 1. The second kappa shape index (κ2) is 6.12. The van der Waals surface area contributed by atoms with Gasteiger partial charge in [0.25, 0.3) is 0 Å². The number of aryl methyl sites for hydroxylation is 1. The molecule has 1 saturated heterocycles. The molecule has 0 radical (unpaired) electrons. The Morgan fingerprint density at radius 2 is 2.16 bits per heavy atom. The molecule has 0 aromatic heterocycles. The summed E-state index contributed by atoms with van der Waals surface area (Å²) >= 11 is 0. The molecule has 0 saturated carbocycles. The van der Waals surface area contributed by atoms with E-state index in [9.17, 15) is 9.18 Å². The molecule has 1 fully saturated rings. The predicted molar refractivity (Wildman–Crippen MR) is 71.3 cm³/mol. The van der Waals surface area contributed by atoms with Crippen molar-refractivity contribution in [1.82, 2.24) is 0 Å². The van der Waals surface area contributed by atoms with E-state index in [0.29, 0.717) is 24.5 Å². The third-order valence-electron chi connectivity index (χ3n) is 3.52. The van der Waals surface area contributed by atoms with Gasteiger partial charge in [-0.05, 0) is 49.4 Å². The highest BCUT2D eigenvalue weighted by molar-refractivity contribution is 5.95. The third-order valence-corrected chi connectivity index (χ3v) is 3.52. The van der Waals surface area contributed by atoms with Gasteiger partial charge in [-0.15, -0.1) is 0 Å². The van der Waals surface area contributed by atoms with E-state index >= 15 is 0 Å². The van der Waals surface area contributed by atoms with Crippen molar-refractivity contribution in [2.75, 3.05) is 18.5 Å². The molecular formula is C14H19FN2O2. The zero-order valence-corrected chi connectivity index (χ0v) is 11.0. The molecule has 5 heteroatoms. The van der Waals surface area contributed by atoms with Crippen LogP contribution in [0.3, 0.4) is 0 Å². The van der Waals surface area contributed by atoms with Crippen molar-refractivity contribution in [3.8, 4) is 0 Å². The molecule has 1 aliphatic rings. The van der Waals surface area contributed by atoms with Crippen molar-refractivity contribution in [1.29, 1.82) is 0 Å². The Labute approximate surface area is 112 Å². The van der Waals surface area contributed by atoms with Gasteiger partial charge in [0.15, 0.2) is 0 Å². The monoisotopic (exact) mass is 266 g/mol. The maximum Gasteiger partial charge on any atom is 0.241 e. The van der Waals surface area contributed by atoms with Crippen LogP contribution in [-0.4, -0.2) is 25.2 Å². The summed E-state index contributed by atoms with van der Waals surface area (Å²) in [6.07, 6.45) is 1.61. The SMILES string of the molecule is Cc1cc(F)ccc1NC(=O)C(N)C1CCOCC1. The lowest BCUT2D eigenvalue weighted by Gasteiger charge is -2.26. The van der Waals surface area contributed by atoms with E-state index in [1.165, 1.54) is 12.1 Å². The number of anilines is 1. The Morgan fingerprint density at radius 1 is 1.47 bits per heavy atom. The van der Waals surface area contributed by atoms with Gasteiger partial charge in [-0.2, -0.15) is 0 Å². The molecule has 4 nitrogen and oxygen atoms in total. The quantitative estimate of drug-likeness (QED) is 0.877. The van der Waals surface area contributed by atoms with Crippen molar-refractivity contribution < 1.29 is 13.9 Å². The lowest BCUT2D eigenvalue weighted by molar-refractivity contribution is -0.119. The molecule has 1 aromatic carbocycles. The van der Waals surface area contributed by atoms with Gasteiger partial charge in [0, 0.05) is 18.9 Å². The van der Waals surface area contributed by atoms with Crippen LogP contribution in [0, 0.1) is 18.7 Å². The summed E-state index contributed by atoms with van der Waals surface area (Å²) in [5.74, 6) is -0.389. The van der Waals surface area contributed by atoms with Gasteiger partial charge in [-0.25, -0.2) is 4.39 Å². The summed E-state index contributed by atoms with van der Waals surface area (Å²) < 4.78 is 18.2. The van der Waals surface area contributed by atoms with E-state index in [2.05, 4.69) is 5.32 Å². The number of ether oxygens (including phenoxy) is 1. The number of nitrogens with one attached hydrogen (secondary N) is 1. The van der Waals surface area contributed by atoms with Crippen LogP contribution in [0.25, 0.3) is 0 Å². The Bertz CT molecular complexity index is 459. The van der Waals surface area contributed by atoms with Gasteiger partial charge < -0.3 is 15.8 Å². The van der Waals surface area contributed by atoms with Crippen molar-refractivity contribution in [3.63, 3.8) is 0 Å². The fourth-order valence-corrected chi connectivity index (χ4v) is 2.27. The van der Waals surface area contributed by atoms with Crippen LogP contribution < -0.4 is 11.1 Å². The fraction of sp³-hybridized carbons (Fsp3) is 0.500. The molecule has 1 aliphatic heterocycles. The van der Waals surface area contributed by atoms with Crippen LogP contribution in [0.15, 0.2) is 18.2 Å². The zero-order chi connectivity index (χ0) is 13.8. The third kappa shape index (κ3) is 3.52. The Hall–Kier alpha value is -1.46. The van der Waals surface area contributed by atoms with Gasteiger partial charge in [0.05, 0.1) is 6.04 Å². The summed E-state index contributed by atoms with van der Waals surface area (Å²) in [6.45, 7) is 3.06. The maximum absolute atomic E-state index is 13.0. The second-order valence-corrected chi connectivity index (χ2v) is 4.92. The number of halogens is 1. The van der Waals surface area contributed by atoms with E-state index in [1.807, 2.05) is 0 Å². The highest BCUT2D eigenvalue weighted by atomic mass is 19.1. The first-order chi connectivity index (χ1) is 9.08.